The second-order valence-corrected chi connectivity index (χ2v) is 3.00. The predicted molar refractivity (Wildman–Crippen MR) is 36.0 cm³/mol. The van der Waals surface area contributed by atoms with Crippen molar-refractivity contribution in [1.29, 1.82) is 0 Å². The molecule has 1 nitrogen and oxygen atoms in total. The average Bonchev–Trinajstić information content (AvgIpc) is 2.12. The Labute approximate surface area is 55.8 Å². The third-order valence-electron chi connectivity index (χ3n) is 1.49. The van der Waals surface area contributed by atoms with E-state index in [1.54, 1.807) is 0 Å². The average molecular weight is 131 g/mol. The fraction of sp³-hybridized carbons (Fsp3) is 1.00. The van der Waals surface area contributed by atoms with Gasteiger partial charge in [-0.1, -0.05) is 12.6 Å². The molecule has 1 aliphatic heterocycles. The van der Waals surface area contributed by atoms with E-state index >= 15 is 0 Å². The van der Waals surface area contributed by atoms with Crippen molar-refractivity contribution < 1.29 is 4.74 Å². The molecule has 1 aliphatic rings. The molecule has 0 aromatic rings. The Kier molecular flexibility index (Phi) is 2.20. The van der Waals surface area contributed by atoms with Crippen molar-refractivity contribution >= 4 is 12.6 Å². The molecule has 0 spiro atoms. The monoisotopic (exact) mass is 131 g/mol. The normalized spacial score (nSPS) is 33.0. The van der Waals surface area contributed by atoms with E-state index in [1.807, 2.05) is 6.92 Å². The molecule has 47 valence electrons. The third-order valence-corrected chi connectivity index (χ3v) is 1.79. The summed E-state index contributed by atoms with van der Waals surface area (Å²) in [6, 6.07) is 0. The van der Waals surface area contributed by atoms with E-state index in [4.69, 9.17) is 17.4 Å². The zero-order valence-corrected chi connectivity index (χ0v) is 5.91. The van der Waals surface area contributed by atoms with E-state index < -0.39 is 0 Å². The van der Waals surface area contributed by atoms with Crippen LogP contribution < -0.4 is 0 Å². The first-order chi connectivity index (χ1) is 3.80. The van der Waals surface area contributed by atoms with Crippen LogP contribution in [0.4, 0.5) is 0 Å². The Bertz CT molecular complexity index is 66.9. The predicted octanol–water partition coefficient (Wildman–Crippen LogP) is 1.75. The smallest absolute Gasteiger partial charge is 0.0700 e. The molecule has 0 bridgehead atoms. The van der Waals surface area contributed by atoms with Crippen LogP contribution in [-0.2, 0) is 4.74 Å². The zero-order valence-electron chi connectivity index (χ0n) is 5.09. The maximum Gasteiger partial charge on any atom is 0.0700 e. The number of hydrogen-bond acceptors (Lipinski definition) is 1. The molecule has 0 aromatic heterocycles. The summed E-state index contributed by atoms with van der Waals surface area (Å²) in [5, 5.41) is 0.303. The SMILES string of the molecule is CC([S])C1CCCO1. The van der Waals surface area contributed by atoms with Crippen LogP contribution in [0.1, 0.15) is 19.8 Å². The lowest BCUT2D eigenvalue weighted by Crippen LogP contribution is -2.15. The minimum absolute atomic E-state index is 0.303. The van der Waals surface area contributed by atoms with Gasteiger partial charge < -0.3 is 4.74 Å². The second kappa shape index (κ2) is 2.74. The van der Waals surface area contributed by atoms with E-state index in [9.17, 15) is 0 Å². The molecule has 1 fully saturated rings. The highest BCUT2D eigenvalue weighted by Gasteiger charge is 2.19. The third kappa shape index (κ3) is 1.39. The zero-order chi connectivity index (χ0) is 5.98. The summed E-state index contributed by atoms with van der Waals surface area (Å²) in [7, 11) is 0. The van der Waals surface area contributed by atoms with Crippen molar-refractivity contribution in [2.45, 2.75) is 31.1 Å². The minimum Gasteiger partial charge on any atom is -0.377 e. The molecule has 0 aliphatic carbocycles. The standard InChI is InChI=1S/C6H11OS/c1-5(8)6-3-2-4-7-6/h5-6H,2-4H2,1H3. The molecule has 2 unspecified atom stereocenters. The highest BCUT2D eigenvalue weighted by molar-refractivity contribution is 7.81. The lowest BCUT2D eigenvalue weighted by Gasteiger charge is -2.09. The Balaban J connectivity index is 2.24. The van der Waals surface area contributed by atoms with Crippen LogP contribution in [0, 0.1) is 0 Å². The van der Waals surface area contributed by atoms with E-state index in [2.05, 4.69) is 0 Å². The quantitative estimate of drug-likeness (QED) is 0.527. The van der Waals surface area contributed by atoms with Crippen LogP contribution in [0.3, 0.4) is 0 Å². The molecular weight excluding hydrogens is 120 g/mol. The van der Waals surface area contributed by atoms with Crippen molar-refractivity contribution in [1.82, 2.24) is 0 Å². The van der Waals surface area contributed by atoms with Crippen LogP contribution >= 0.6 is 12.6 Å². The Morgan fingerprint density at radius 2 is 2.50 bits per heavy atom. The van der Waals surface area contributed by atoms with Crippen molar-refractivity contribution in [3.63, 3.8) is 0 Å². The van der Waals surface area contributed by atoms with Gasteiger partial charge in [-0.15, -0.1) is 0 Å². The van der Waals surface area contributed by atoms with Crippen LogP contribution in [-0.4, -0.2) is 18.0 Å². The molecule has 1 radical (unpaired) electrons. The van der Waals surface area contributed by atoms with Crippen molar-refractivity contribution in [2.24, 2.45) is 0 Å². The van der Waals surface area contributed by atoms with Crippen LogP contribution in [0.25, 0.3) is 0 Å². The van der Waals surface area contributed by atoms with Crippen LogP contribution in [0.2, 0.25) is 0 Å². The van der Waals surface area contributed by atoms with Crippen LogP contribution in [0.15, 0.2) is 0 Å². The van der Waals surface area contributed by atoms with Gasteiger partial charge in [-0.2, -0.15) is 0 Å². The molecule has 1 rings (SSSR count). The summed E-state index contributed by atoms with van der Waals surface area (Å²) in [5.74, 6) is 0. The summed E-state index contributed by atoms with van der Waals surface area (Å²) in [5.41, 5.74) is 0. The van der Waals surface area contributed by atoms with Crippen molar-refractivity contribution in [2.75, 3.05) is 6.61 Å². The molecule has 2 heteroatoms. The van der Waals surface area contributed by atoms with Gasteiger partial charge in [0, 0.05) is 11.9 Å². The Morgan fingerprint density at radius 1 is 1.75 bits per heavy atom. The van der Waals surface area contributed by atoms with Gasteiger partial charge in [-0.05, 0) is 19.8 Å². The topological polar surface area (TPSA) is 9.23 Å². The minimum atomic E-state index is 0.303. The summed E-state index contributed by atoms with van der Waals surface area (Å²) in [6.45, 7) is 2.96. The molecule has 1 saturated heterocycles. The molecule has 2 atom stereocenters. The molecule has 1 heterocycles. The fourth-order valence-electron chi connectivity index (χ4n) is 0.973. The highest BCUT2D eigenvalue weighted by atomic mass is 32.1. The van der Waals surface area contributed by atoms with E-state index in [1.165, 1.54) is 12.8 Å². The van der Waals surface area contributed by atoms with Gasteiger partial charge in [0.25, 0.3) is 0 Å². The molecular formula is C6H11OS. The number of rotatable bonds is 1. The van der Waals surface area contributed by atoms with Crippen molar-refractivity contribution in [3.8, 4) is 0 Å². The first-order valence-corrected chi connectivity index (χ1v) is 3.55. The van der Waals surface area contributed by atoms with Gasteiger partial charge in [0.2, 0.25) is 0 Å². The lowest BCUT2D eigenvalue weighted by molar-refractivity contribution is 0.113. The fourth-order valence-corrected chi connectivity index (χ4v) is 1.19. The Hall–Kier alpha value is 0.310. The van der Waals surface area contributed by atoms with Gasteiger partial charge in [0.05, 0.1) is 6.10 Å². The van der Waals surface area contributed by atoms with Gasteiger partial charge in [-0.25, -0.2) is 0 Å². The largest absolute Gasteiger partial charge is 0.377 e. The molecule has 0 saturated carbocycles. The summed E-state index contributed by atoms with van der Waals surface area (Å²) in [6.07, 6.45) is 2.75. The van der Waals surface area contributed by atoms with Gasteiger partial charge in [-0.3, -0.25) is 0 Å². The number of ether oxygens (including phenoxy) is 1. The maximum absolute atomic E-state index is 5.31. The molecule has 0 amide bonds. The van der Waals surface area contributed by atoms with Crippen LogP contribution in [0.5, 0.6) is 0 Å². The lowest BCUT2D eigenvalue weighted by atomic mass is 10.2. The maximum atomic E-state index is 5.31. The van der Waals surface area contributed by atoms with E-state index in [-0.39, 0.29) is 0 Å². The Morgan fingerprint density at radius 3 is 2.75 bits per heavy atom. The summed E-state index contributed by atoms with van der Waals surface area (Å²) >= 11 is 5.01. The number of hydrogen-bond donors (Lipinski definition) is 0. The van der Waals surface area contributed by atoms with Gasteiger partial charge in [0.1, 0.15) is 0 Å². The second-order valence-electron chi connectivity index (χ2n) is 2.26. The van der Waals surface area contributed by atoms with Gasteiger partial charge >= 0.3 is 0 Å². The summed E-state index contributed by atoms with van der Waals surface area (Å²) in [4.78, 5) is 0. The van der Waals surface area contributed by atoms with E-state index in [0.29, 0.717) is 11.4 Å². The summed E-state index contributed by atoms with van der Waals surface area (Å²) < 4.78 is 5.31. The highest BCUT2D eigenvalue weighted by Crippen LogP contribution is 2.18. The molecule has 0 aromatic carbocycles. The van der Waals surface area contributed by atoms with Crippen molar-refractivity contribution in [3.05, 3.63) is 0 Å². The first-order valence-electron chi connectivity index (χ1n) is 3.08. The molecule has 0 N–H and O–H groups in total. The van der Waals surface area contributed by atoms with Gasteiger partial charge in [0.15, 0.2) is 0 Å². The molecule has 8 heavy (non-hydrogen) atoms. The van der Waals surface area contributed by atoms with E-state index in [0.717, 1.165) is 6.61 Å². The first kappa shape index (κ1) is 6.43.